The minimum absolute atomic E-state index is 0.139. The van der Waals surface area contributed by atoms with Crippen LogP contribution in [0.2, 0.25) is 0 Å². The molecule has 0 aromatic heterocycles. The van der Waals surface area contributed by atoms with Crippen LogP contribution in [0.1, 0.15) is 90.9 Å². The third kappa shape index (κ3) is 35.2. The zero-order valence-electron chi connectivity index (χ0n) is 25.3. The van der Waals surface area contributed by atoms with E-state index >= 15 is 0 Å². The Hall–Kier alpha value is -0.810. The van der Waals surface area contributed by atoms with Crippen LogP contribution < -0.4 is 0 Å². The van der Waals surface area contributed by atoms with Gasteiger partial charge in [0.1, 0.15) is 6.61 Å². The summed E-state index contributed by atoms with van der Waals surface area (Å²) in [5.41, 5.74) is 0. The summed E-state index contributed by atoms with van der Waals surface area (Å²) in [5, 5.41) is 0. The predicted molar refractivity (Wildman–Crippen MR) is 153 cm³/mol. The van der Waals surface area contributed by atoms with Crippen LogP contribution in [0, 0.1) is 0 Å². The summed E-state index contributed by atoms with van der Waals surface area (Å²) < 4.78 is 43.5. The molecule has 0 atom stereocenters. The zero-order valence-corrected chi connectivity index (χ0v) is 25.3. The van der Waals surface area contributed by atoms with Crippen molar-refractivity contribution in [2.75, 3.05) is 99.1 Å². The second-order valence-corrected chi connectivity index (χ2v) is 9.44. The lowest BCUT2D eigenvalue weighted by molar-refractivity contribution is -0.145. The molecule has 0 saturated carbocycles. The van der Waals surface area contributed by atoms with Crippen LogP contribution in [0.4, 0.5) is 0 Å². The van der Waals surface area contributed by atoms with Crippen molar-refractivity contribution in [1.29, 1.82) is 0 Å². The number of hydrogen-bond acceptors (Lipinski definition) is 9. The van der Waals surface area contributed by atoms with Crippen molar-refractivity contribution in [3.63, 3.8) is 0 Å². The Morgan fingerprint density at radius 3 is 1.08 bits per heavy atom. The molecule has 0 spiro atoms. The van der Waals surface area contributed by atoms with Crippen LogP contribution in [0.15, 0.2) is 0 Å². The van der Waals surface area contributed by atoms with E-state index in [1.807, 2.05) is 0 Å². The van der Waals surface area contributed by atoms with Crippen molar-refractivity contribution in [3.05, 3.63) is 0 Å². The maximum Gasteiger partial charge on any atom is 0.305 e. The van der Waals surface area contributed by atoms with Crippen LogP contribution in [-0.2, 0) is 42.7 Å². The van der Waals surface area contributed by atoms with Crippen LogP contribution >= 0.6 is 0 Å². The molecule has 0 radical (unpaired) electrons. The molecule has 9 heteroatoms. The molecule has 0 aliphatic heterocycles. The lowest BCUT2D eigenvalue weighted by Gasteiger charge is -2.09. The molecule has 0 aromatic rings. The van der Waals surface area contributed by atoms with Crippen molar-refractivity contribution < 1.29 is 42.7 Å². The summed E-state index contributed by atoms with van der Waals surface area (Å²) in [6.45, 7) is 12.4. The fraction of sp³-hybridized carbons (Fsp3) is 0.967. The van der Waals surface area contributed by atoms with E-state index in [0.29, 0.717) is 98.9 Å². The summed E-state index contributed by atoms with van der Waals surface area (Å²) >= 11 is 0. The van der Waals surface area contributed by atoms with Crippen LogP contribution in [0.5, 0.6) is 0 Å². The first kappa shape index (κ1) is 38.2. The molecule has 9 nitrogen and oxygen atoms in total. The zero-order chi connectivity index (χ0) is 28.3. The normalized spacial score (nSPS) is 11.3. The SMILES string of the molecule is CCCCCCCCOCCOCCOCCOCCOCCOCCOCCOC(=O)CCCCCCC. The van der Waals surface area contributed by atoms with Gasteiger partial charge in [-0.3, -0.25) is 4.79 Å². The van der Waals surface area contributed by atoms with Gasteiger partial charge in [0, 0.05) is 13.0 Å². The standard InChI is InChI=1S/C30H60O9/c1-3-5-7-9-11-13-15-32-16-17-33-18-19-34-20-21-35-22-23-36-24-25-37-26-27-38-28-29-39-30(31)14-12-10-8-6-4-2/h3-29H2,1-2H3. The van der Waals surface area contributed by atoms with Crippen molar-refractivity contribution in [1.82, 2.24) is 0 Å². The van der Waals surface area contributed by atoms with Gasteiger partial charge in [-0.05, 0) is 12.8 Å². The number of carbonyl (C=O) groups excluding carboxylic acids is 1. The Morgan fingerprint density at radius 2 is 0.667 bits per heavy atom. The van der Waals surface area contributed by atoms with Gasteiger partial charge in [0.05, 0.1) is 85.9 Å². The molecular weight excluding hydrogens is 504 g/mol. The molecule has 0 N–H and O–H groups in total. The Balaban J connectivity index is 3.08. The second kappa shape index (κ2) is 35.2. The molecule has 0 aliphatic carbocycles. The van der Waals surface area contributed by atoms with E-state index in [-0.39, 0.29) is 5.97 Å². The fourth-order valence-electron chi connectivity index (χ4n) is 3.57. The first-order valence-corrected chi connectivity index (χ1v) is 15.5. The highest BCUT2D eigenvalue weighted by atomic mass is 16.6. The van der Waals surface area contributed by atoms with Gasteiger partial charge in [-0.15, -0.1) is 0 Å². The van der Waals surface area contributed by atoms with Gasteiger partial charge < -0.3 is 37.9 Å². The Morgan fingerprint density at radius 1 is 0.359 bits per heavy atom. The topological polar surface area (TPSA) is 90.9 Å². The van der Waals surface area contributed by atoms with Gasteiger partial charge in [-0.1, -0.05) is 71.6 Å². The Labute approximate surface area is 238 Å². The number of rotatable bonds is 34. The first-order chi connectivity index (χ1) is 19.3. The maximum absolute atomic E-state index is 11.6. The van der Waals surface area contributed by atoms with Crippen molar-refractivity contribution >= 4 is 5.97 Å². The molecule has 0 saturated heterocycles. The Kier molecular flexibility index (Phi) is 34.5. The summed E-state index contributed by atoms with van der Waals surface area (Å²) in [4.78, 5) is 11.6. The Bertz CT molecular complexity index is 466. The van der Waals surface area contributed by atoms with Gasteiger partial charge in [0.15, 0.2) is 0 Å². The highest BCUT2D eigenvalue weighted by molar-refractivity contribution is 5.69. The number of ether oxygens (including phenoxy) is 8. The molecule has 39 heavy (non-hydrogen) atoms. The predicted octanol–water partition coefficient (Wildman–Crippen LogP) is 5.37. The maximum atomic E-state index is 11.6. The minimum atomic E-state index is -0.139. The monoisotopic (exact) mass is 564 g/mol. The van der Waals surface area contributed by atoms with E-state index < -0.39 is 0 Å². The molecule has 0 heterocycles. The van der Waals surface area contributed by atoms with Gasteiger partial charge >= 0.3 is 5.97 Å². The number of hydrogen-bond donors (Lipinski definition) is 0. The van der Waals surface area contributed by atoms with Crippen molar-refractivity contribution in [2.24, 2.45) is 0 Å². The lowest BCUT2D eigenvalue weighted by Crippen LogP contribution is -2.15. The highest BCUT2D eigenvalue weighted by Gasteiger charge is 2.02. The lowest BCUT2D eigenvalue weighted by atomic mass is 10.1. The smallest absolute Gasteiger partial charge is 0.305 e. The molecule has 0 aliphatic rings. The van der Waals surface area contributed by atoms with Gasteiger partial charge in [-0.2, -0.15) is 0 Å². The van der Waals surface area contributed by atoms with Gasteiger partial charge in [0.2, 0.25) is 0 Å². The molecule has 0 bridgehead atoms. The van der Waals surface area contributed by atoms with E-state index in [1.165, 1.54) is 51.4 Å². The van der Waals surface area contributed by atoms with Crippen LogP contribution in [0.25, 0.3) is 0 Å². The molecule has 0 rings (SSSR count). The number of carbonyl (C=O) groups is 1. The van der Waals surface area contributed by atoms with Gasteiger partial charge in [-0.25, -0.2) is 0 Å². The first-order valence-electron chi connectivity index (χ1n) is 15.5. The minimum Gasteiger partial charge on any atom is -0.463 e. The van der Waals surface area contributed by atoms with E-state index in [4.69, 9.17) is 37.9 Å². The molecule has 0 aromatic carbocycles. The van der Waals surface area contributed by atoms with Crippen molar-refractivity contribution in [3.8, 4) is 0 Å². The third-order valence-corrected chi connectivity index (χ3v) is 5.85. The van der Waals surface area contributed by atoms with Crippen LogP contribution in [-0.4, -0.2) is 105 Å². The molecule has 234 valence electrons. The molecular formula is C30H60O9. The second-order valence-electron chi connectivity index (χ2n) is 9.44. The average Bonchev–Trinajstić information content (AvgIpc) is 2.94. The number of unbranched alkanes of at least 4 members (excludes halogenated alkanes) is 9. The summed E-state index contributed by atoms with van der Waals surface area (Å²) in [5.74, 6) is -0.139. The molecule has 0 amide bonds. The molecule has 0 fully saturated rings. The quantitative estimate of drug-likeness (QED) is 0.0756. The highest BCUT2D eigenvalue weighted by Crippen LogP contribution is 2.06. The van der Waals surface area contributed by atoms with Crippen LogP contribution in [0.3, 0.4) is 0 Å². The summed E-state index contributed by atoms with van der Waals surface area (Å²) in [7, 11) is 0. The van der Waals surface area contributed by atoms with E-state index in [0.717, 1.165) is 25.9 Å². The van der Waals surface area contributed by atoms with Crippen molar-refractivity contribution in [2.45, 2.75) is 90.9 Å². The fourth-order valence-corrected chi connectivity index (χ4v) is 3.57. The number of esters is 1. The average molecular weight is 565 g/mol. The van der Waals surface area contributed by atoms with Gasteiger partial charge in [0.25, 0.3) is 0 Å². The summed E-state index contributed by atoms with van der Waals surface area (Å²) in [6, 6.07) is 0. The van der Waals surface area contributed by atoms with E-state index in [1.54, 1.807) is 0 Å². The molecule has 0 unspecified atom stereocenters. The summed E-state index contributed by atoms with van der Waals surface area (Å²) in [6.07, 6.45) is 13.8. The third-order valence-electron chi connectivity index (χ3n) is 5.85. The van der Waals surface area contributed by atoms with E-state index in [9.17, 15) is 4.79 Å². The largest absolute Gasteiger partial charge is 0.463 e. The van der Waals surface area contributed by atoms with E-state index in [2.05, 4.69) is 13.8 Å².